The monoisotopic (exact) mass is 313 g/mol. The molecule has 2 rings (SSSR count). The van der Waals surface area contributed by atoms with E-state index in [1.165, 1.54) is 7.11 Å². The summed E-state index contributed by atoms with van der Waals surface area (Å²) in [6.07, 6.45) is 0.737. The minimum atomic E-state index is -0.232. The molecule has 0 amide bonds. The molecule has 0 saturated carbocycles. The second-order valence-electron chi connectivity index (χ2n) is 4.28. The molecule has 5 heteroatoms. The molecule has 0 radical (unpaired) electrons. The predicted molar refractivity (Wildman–Crippen MR) is 71.1 cm³/mol. The van der Waals surface area contributed by atoms with Gasteiger partial charge in [0, 0.05) is 17.4 Å². The molecule has 0 unspecified atom stereocenters. The fraction of sp³-hybridized carbons (Fsp3) is 0.462. The van der Waals surface area contributed by atoms with Gasteiger partial charge >= 0.3 is 5.97 Å². The molecule has 1 fully saturated rings. The van der Waals surface area contributed by atoms with Crippen LogP contribution in [0.4, 0.5) is 0 Å². The Kier molecular flexibility index (Phi) is 4.74. The maximum atomic E-state index is 11.3. The van der Waals surface area contributed by atoms with Crippen molar-refractivity contribution in [2.45, 2.75) is 25.2 Å². The van der Waals surface area contributed by atoms with Crippen molar-refractivity contribution >= 4 is 21.9 Å². The van der Waals surface area contributed by atoms with Crippen molar-refractivity contribution in [3.8, 4) is 0 Å². The highest BCUT2D eigenvalue weighted by molar-refractivity contribution is 9.10. The number of rotatable bonds is 4. The molecule has 1 aliphatic heterocycles. The Morgan fingerprint density at radius 2 is 2.17 bits per heavy atom. The highest BCUT2D eigenvalue weighted by Crippen LogP contribution is 2.15. The predicted octanol–water partition coefficient (Wildman–Crippen LogP) is 1.87. The summed E-state index contributed by atoms with van der Waals surface area (Å²) >= 11 is 3.39. The lowest BCUT2D eigenvalue weighted by molar-refractivity contribution is -0.142. The van der Waals surface area contributed by atoms with Crippen molar-refractivity contribution in [2.75, 3.05) is 13.7 Å². The van der Waals surface area contributed by atoms with E-state index in [1.54, 1.807) is 0 Å². The number of benzene rings is 1. The first-order valence-electron chi connectivity index (χ1n) is 5.86. The molecule has 18 heavy (non-hydrogen) atoms. The number of carbonyl (C=O) groups is 1. The second-order valence-corrected chi connectivity index (χ2v) is 5.19. The average molecular weight is 314 g/mol. The van der Waals surface area contributed by atoms with Gasteiger partial charge in [-0.05, 0) is 17.7 Å². The van der Waals surface area contributed by atoms with Gasteiger partial charge in [-0.1, -0.05) is 28.1 Å². The summed E-state index contributed by atoms with van der Waals surface area (Å²) in [5.74, 6) is -0.218. The average Bonchev–Trinajstić information content (AvgIpc) is 2.86. The first kappa shape index (κ1) is 13.5. The first-order valence-corrected chi connectivity index (χ1v) is 6.65. The molecule has 98 valence electrons. The van der Waals surface area contributed by atoms with E-state index in [-0.39, 0.29) is 18.1 Å². The lowest BCUT2D eigenvalue weighted by Gasteiger charge is -2.11. The molecule has 2 atom stereocenters. The van der Waals surface area contributed by atoms with Gasteiger partial charge in [-0.3, -0.25) is 4.79 Å². The number of nitrogens with one attached hydrogen (secondary N) is 1. The van der Waals surface area contributed by atoms with Gasteiger partial charge in [0.15, 0.2) is 0 Å². The number of hydrogen-bond acceptors (Lipinski definition) is 4. The molecule has 4 nitrogen and oxygen atoms in total. The zero-order valence-corrected chi connectivity index (χ0v) is 11.8. The number of carbonyl (C=O) groups excluding carboxylic acids is 1. The van der Waals surface area contributed by atoms with Crippen molar-refractivity contribution in [3.05, 3.63) is 34.3 Å². The molecule has 1 saturated heterocycles. The smallest absolute Gasteiger partial charge is 0.322 e. The van der Waals surface area contributed by atoms with E-state index in [2.05, 4.69) is 21.2 Å². The Morgan fingerprint density at radius 1 is 1.44 bits per heavy atom. The molecular weight excluding hydrogens is 298 g/mol. The molecule has 0 aliphatic carbocycles. The van der Waals surface area contributed by atoms with Crippen LogP contribution in [0.15, 0.2) is 28.7 Å². The molecule has 0 bridgehead atoms. The van der Waals surface area contributed by atoms with Crippen molar-refractivity contribution < 1.29 is 14.3 Å². The molecular formula is C13H16BrNO3. The normalized spacial score (nSPS) is 23.0. The van der Waals surface area contributed by atoms with Crippen molar-refractivity contribution in [2.24, 2.45) is 0 Å². The van der Waals surface area contributed by atoms with Gasteiger partial charge in [-0.15, -0.1) is 0 Å². The standard InChI is InChI=1S/C13H16BrNO3/c1-17-13(16)12-6-11(7-15-12)18-8-9-2-4-10(14)5-3-9/h2-5,11-12,15H,6-8H2,1H3/t11-,12-/m0/s1. The summed E-state index contributed by atoms with van der Waals surface area (Å²) in [7, 11) is 1.40. The molecule has 1 aliphatic rings. The summed E-state index contributed by atoms with van der Waals surface area (Å²) in [6, 6.07) is 7.78. The summed E-state index contributed by atoms with van der Waals surface area (Å²) in [5.41, 5.74) is 1.12. The highest BCUT2D eigenvalue weighted by atomic mass is 79.9. The number of hydrogen-bond donors (Lipinski definition) is 1. The van der Waals surface area contributed by atoms with Crippen LogP contribution in [-0.2, 0) is 20.9 Å². The zero-order valence-electron chi connectivity index (χ0n) is 10.2. The fourth-order valence-corrected chi connectivity index (χ4v) is 2.21. The molecule has 0 spiro atoms. The summed E-state index contributed by atoms with van der Waals surface area (Å²) in [5, 5.41) is 3.10. The number of methoxy groups -OCH3 is 1. The Bertz CT molecular complexity index is 407. The molecule has 1 aromatic rings. The van der Waals surface area contributed by atoms with Gasteiger partial charge < -0.3 is 14.8 Å². The van der Waals surface area contributed by atoms with E-state index in [0.717, 1.165) is 10.0 Å². The number of esters is 1. The molecule has 0 aromatic heterocycles. The van der Waals surface area contributed by atoms with Gasteiger partial charge in [0.1, 0.15) is 6.04 Å². The number of halogens is 1. The summed E-state index contributed by atoms with van der Waals surface area (Å²) in [4.78, 5) is 11.3. The maximum Gasteiger partial charge on any atom is 0.322 e. The molecule has 1 aromatic carbocycles. The SMILES string of the molecule is COC(=O)[C@@H]1C[C@H](OCc2ccc(Br)cc2)CN1. The van der Waals surface area contributed by atoms with Gasteiger partial charge in [-0.25, -0.2) is 0 Å². The quantitative estimate of drug-likeness (QED) is 0.862. The number of ether oxygens (including phenoxy) is 2. The van der Waals surface area contributed by atoms with Crippen LogP contribution in [0, 0.1) is 0 Å². The summed E-state index contributed by atoms with van der Waals surface area (Å²) < 4.78 is 11.5. The Balaban J connectivity index is 1.78. The van der Waals surface area contributed by atoms with Crippen LogP contribution in [0.2, 0.25) is 0 Å². The Morgan fingerprint density at radius 3 is 2.83 bits per heavy atom. The van der Waals surface area contributed by atoms with Gasteiger partial charge in [0.2, 0.25) is 0 Å². The van der Waals surface area contributed by atoms with E-state index in [9.17, 15) is 4.79 Å². The van der Waals surface area contributed by atoms with Crippen LogP contribution < -0.4 is 5.32 Å². The van der Waals surface area contributed by atoms with Crippen LogP contribution >= 0.6 is 15.9 Å². The third kappa shape index (κ3) is 3.54. The van der Waals surface area contributed by atoms with Crippen LogP contribution in [0.3, 0.4) is 0 Å². The molecule has 1 heterocycles. The van der Waals surface area contributed by atoms with Crippen LogP contribution in [0.1, 0.15) is 12.0 Å². The van der Waals surface area contributed by atoms with Gasteiger partial charge in [0.05, 0.1) is 19.8 Å². The maximum absolute atomic E-state index is 11.3. The van der Waals surface area contributed by atoms with Crippen molar-refractivity contribution in [1.82, 2.24) is 5.32 Å². The largest absolute Gasteiger partial charge is 0.468 e. The first-order chi connectivity index (χ1) is 8.69. The van der Waals surface area contributed by atoms with E-state index in [0.29, 0.717) is 19.6 Å². The van der Waals surface area contributed by atoms with E-state index in [4.69, 9.17) is 9.47 Å². The van der Waals surface area contributed by atoms with Crippen molar-refractivity contribution in [3.63, 3.8) is 0 Å². The van der Waals surface area contributed by atoms with E-state index >= 15 is 0 Å². The topological polar surface area (TPSA) is 47.6 Å². The van der Waals surface area contributed by atoms with Crippen LogP contribution in [0.25, 0.3) is 0 Å². The lowest BCUT2D eigenvalue weighted by atomic mass is 10.2. The second kappa shape index (κ2) is 6.31. The molecule has 1 N–H and O–H groups in total. The summed E-state index contributed by atoms with van der Waals surface area (Å²) in [6.45, 7) is 1.25. The van der Waals surface area contributed by atoms with E-state index in [1.807, 2.05) is 24.3 Å². The van der Waals surface area contributed by atoms with Gasteiger partial charge in [0.25, 0.3) is 0 Å². The van der Waals surface area contributed by atoms with E-state index < -0.39 is 0 Å². The Labute approximate surface area is 115 Å². The lowest BCUT2D eigenvalue weighted by Crippen LogP contribution is -2.31. The van der Waals surface area contributed by atoms with Crippen LogP contribution in [-0.4, -0.2) is 31.8 Å². The Hall–Kier alpha value is -0.910. The van der Waals surface area contributed by atoms with Gasteiger partial charge in [-0.2, -0.15) is 0 Å². The minimum Gasteiger partial charge on any atom is -0.468 e. The third-order valence-corrected chi connectivity index (χ3v) is 3.50. The van der Waals surface area contributed by atoms with Crippen molar-refractivity contribution in [1.29, 1.82) is 0 Å². The highest BCUT2D eigenvalue weighted by Gasteiger charge is 2.30. The third-order valence-electron chi connectivity index (χ3n) is 2.98. The fourth-order valence-electron chi connectivity index (χ4n) is 1.95. The minimum absolute atomic E-state index is 0.0674. The zero-order chi connectivity index (χ0) is 13.0. The van der Waals surface area contributed by atoms with Crippen LogP contribution in [0.5, 0.6) is 0 Å².